The number of hydrogen-bond acceptors (Lipinski definition) is 3. The highest BCUT2D eigenvalue weighted by Gasteiger charge is 2.30. The summed E-state index contributed by atoms with van der Waals surface area (Å²) in [5.41, 5.74) is 0.666. The molecule has 0 aliphatic carbocycles. The summed E-state index contributed by atoms with van der Waals surface area (Å²) >= 11 is 0. The first kappa shape index (κ1) is 11.4. The van der Waals surface area contributed by atoms with Gasteiger partial charge in [-0.05, 0) is 24.3 Å². The summed E-state index contributed by atoms with van der Waals surface area (Å²) in [6, 6.07) is 5.45. The van der Waals surface area contributed by atoms with Crippen molar-refractivity contribution in [2.75, 3.05) is 0 Å². The molecule has 0 atom stereocenters. The summed E-state index contributed by atoms with van der Waals surface area (Å²) in [5, 5.41) is 7.52. The fourth-order valence-corrected chi connectivity index (χ4v) is 1.35. The van der Waals surface area contributed by atoms with E-state index in [0.29, 0.717) is 11.4 Å². The average molecular weight is 243 g/mol. The number of halogens is 3. The Labute approximate surface area is 94.7 Å². The highest BCUT2D eigenvalue weighted by Crippen LogP contribution is 2.25. The van der Waals surface area contributed by atoms with Crippen molar-refractivity contribution < 1.29 is 17.9 Å². The molecule has 90 valence electrons. The lowest BCUT2D eigenvalue weighted by Gasteiger charge is -2.08. The van der Waals surface area contributed by atoms with Crippen molar-refractivity contribution in [2.45, 2.75) is 6.36 Å². The van der Waals surface area contributed by atoms with E-state index in [-0.39, 0.29) is 5.75 Å². The van der Waals surface area contributed by atoms with Crippen molar-refractivity contribution in [3.63, 3.8) is 0 Å². The van der Waals surface area contributed by atoms with Crippen molar-refractivity contribution in [3.8, 4) is 17.1 Å². The Morgan fingerprint density at radius 2 is 1.82 bits per heavy atom. The van der Waals surface area contributed by atoms with Gasteiger partial charge in [-0.1, -0.05) is 0 Å². The first-order valence-corrected chi connectivity index (χ1v) is 4.66. The summed E-state index contributed by atoms with van der Waals surface area (Å²) in [6.45, 7) is 0. The molecular weight excluding hydrogens is 235 g/mol. The molecule has 0 aliphatic rings. The third kappa shape index (κ3) is 2.74. The molecule has 0 spiro atoms. The highest BCUT2D eigenvalue weighted by molar-refractivity contribution is 5.56. The molecule has 0 aliphatic heterocycles. The molecule has 0 fully saturated rings. The van der Waals surface area contributed by atoms with Gasteiger partial charge in [-0.15, -0.1) is 23.4 Å². The zero-order valence-electron chi connectivity index (χ0n) is 8.77. The molecule has 2 rings (SSSR count). The molecule has 0 unspecified atom stereocenters. The SMILES string of the molecule is Cn1cnnc1-c1ccc(OC(F)(F)F)cc1. The first-order valence-electron chi connectivity index (χ1n) is 4.66. The van der Waals surface area contributed by atoms with Crippen LogP contribution in [0, 0.1) is 0 Å². The van der Waals surface area contributed by atoms with Gasteiger partial charge in [0.25, 0.3) is 0 Å². The van der Waals surface area contributed by atoms with Crippen LogP contribution in [0.4, 0.5) is 13.2 Å². The number of rotatable bonds is 2. The van der Waals surface area contributed by atoms with Crippen molar-refractivity contribution in [1.82, 2.24) is 14.8 Å². The van der Waals surface area contributed by atoms with Gasteiger partial charge in [-0.2, -0.15) is 0 Å². The lowest BCUT2D eigenvalue weighted by Crippen LogP contribution is -2.16. The predicted molar refractivity (Wildman–Crippen MR) is 53.1 cm³/mol. The van der Waals surface area contributed by atoms with Crippen molar-refractivity contribution in [1.29, 1.82) is 0 Å². The maximum Gasteiger partial charge on any atom is 0.573 e. The largest absolute Gasteiger partial charge is 0.573 e. The number of alkyl halides is 3. The van der Waals surface area contributed by atoms with E-state index < -0.39 is 6.36 Å². The number of aromatic nitrogens is 3. The number of hydrogen-bond donors (Lipinski definition) is 0. The van der Waals surface area contributed by atoms with E-state index in [2.05, 4.69) is 14.9 Å². The Kier molecular flexibility index (Phi) is 2.74. The van der Waals surface area contributed by atoms with Crippen LogP contribution in [0.15, 0.2) is 30.6 Å². The van der Waals surface area contributed by atoms with Gasteiger partial charge in [0, 0.05) is 12.6 Å². The summed E-state index contributed by atoms with van der Waals surface area (Å²) in [4.78, 5) is 0. The summed E-state index contributed by atoms with van der Waals surface area (Å²) < 4.78 is 41.2. The quantitative estimate of drug-likeness (QED) is 0.813. The van der Waals surface area contributed by atoms with Gasteiger partial charge in [-0.25, -0.2) is 0 Å². The van der Waals surface area contributed by atoms with E-state index in [1.165, 1.54) is 30.6 Å². The fraction of sp³-hybridized carbons (Fsp3) is 0.200. The monoisotopic (exact) mass is 243 g/mol. The third-order valence-electron chi connectivity index (χ3n) is 2.06. The molecular formula is C10H8F3N3O. The molecule has 0 bridgehead atoms. The molecule has 0 radical (unpaired) electrons. The second-order valence-corrected chi connectivity index (χ2v) is 3.34. The predicted octanol–water partition coefficient (Wildman–Crippen LogP) is 2.38. The molecule has 0 saturated heterocycles. The number of benzene rings is 1. The molecule has 0 saturated carbocycles. The summed E-state index contributed by atoms with van der Waals surface area (Å²) in [5.74, 6) is 0.312. The van der Waals surface area contributed by atoms with Gasteiger partial charge >= 0.3 is 6.36 Å². The van der Waals surface area contributed by atoms with Crippen molar-refractivity contribution >= 4 is 0 Å². The molecule has 1 heterocycles. The molecule has 2 aromatic rings. The van der Waals surface area contributed by atoms with E-state index in [1.54, 1.807) is 11.6 Å². The minimum atomic E-state index is -4.67. The maximum absolute atomic E-state index is 11.9. The van der Waals surface area contributed by atoms with Crippen LogP contribution in [0.5, 0.6) is 5.75 Å². The Morgan fingerprint density at radius 3 is 2.29 bits per heavy atom. The van der Waals surface area contributed by atoms with Crippen LogP contribution in [0.3, 0.4) is 0 Å². The molecule has 0 N–H and O–H groups in total. The Bertz CT molecular complexity index is 504. The molecule has 7 heteroatoms. The average Bonchev–Trinajstić information content (AvgIpc) is 2.63. The number of ether oxygens (including phenoxy) is 1. The van der Waals surface area contributed by atoms with Crippen LogP contribution in [0.2, 0.25) is 0 Å². The highest BCUT2D eigenvalue weighted by atomic mass is 19.4. The van der Waals surface area contributed by atoms with Crippen LogP contribution in [-0.2, 0) is 7.05 Å². The van der Waals surface area contributed by atoms with E-state index in [0.717, 1.165) is 0 Å². The van der Waals surface area contributed by atoms with Crippen LogP contribution in [0.1, 0.15) is 0 Å². The molecule has 0 amide bonds. The minimum absolute atomic E-state index is 0.261. The fourth-order valence-electron chi connectivity index (χ4n) is 1.35. The summed E-state index contributed by atoms with van der Waals surface area (Å²) in [7, 11) is 1.75. The van der Waals surface area contributed by atoms with Gasteiger partial charge in [0.2, 0.25) is 0 Å². The van der Waals surface area contributed by atoms with Gasteiger partial charge < -0.3 is 9.30 Å². The van der Waals surface area contributed by atoms with E-state index >= 15 is 0 Å². The Hall–Kier alpha value is -2.05. The number of aryl methyl sites for hydroxylation is 1. The second-order valence-electron chi connectivity index (χ2n) is 3.34. The lowest BCUT2D eigenvalue weighted by atomic mass is 10.2. The minimum Gasteiger partial charge on any atom is -0.406 e. The van der Waals surface area contributed by atoms with E-state index in [4.69, 9.17) is 0 Å². The molecule has 4 nitrogen and oxygen atoms in total. The first-order chi connectivity index (χ1) is 7.96. The Balaban J connectivity index is 2.22. The normalized spacial score (nSPS) is 11.5. The number of nitrogens with zero attached hydrogens (tertiary/aromatic N) is 3. The van der Waals surface area contributed by atoms with Crippen LogP contribution < -0.4 is 4.74 Å². The second kappa shape index (κ2) is 4.08. The maximum atomic E-state index is 11.9. The smallest absolute Gasteiger partial charge is 0.406 e. The van der Waals surface area contributed by atoms with E-state index in [1.807, 2.05) is 0 Å². The van der Waals surface area contributed by atoms with Crippen molar-refractivity contribution in [2.24, 2.45) is 7.05 Å². The zero-order valence-corrected chi connectivity index (χ0v) is 8.77. The zero-order chi connectivity index (χ0) is 12.5. The van der Waals surface area contributed by atoms with E-state index in [9.17, 15) is 13.2 Å². The summed E-state index contributed by atoms with van der Waals surface area (Å²) in [6.07, 6.45) is -3.16. The topological polar surface area (TPSA) is 39.9 Å². The standard InChI is InChI=1S/C10H8F3N3O/c1-16-6-14-15-9(16)7-2-4-8(5-3-7)17-10(11,12)13/h2-6H,1H3. The van der Waals surface area contributed by atoms with Crippen LogP contribution in [0.25, 0.3) is 11.4 Å². The van der Waals surface area contributed by atoms with Crippen LogP contribution in [-0.4, -0.2) is 21.1 Å². The van der Waals surface area contributed by atoms with Gasteiger partial charge in [0.05, 0.1) is 0 Å². The molecule has 1 aromatic heterocycles. The third-order valence-corrected chi connectivity index (χ3v) is 2.06. The van der Waals surface area contributed by atoms with Gasteiger partial charge in [0.1, 0.15) is 12.1 Å². The van der Waals surface area contributed by atoms with Crippen LogP contribution >= 0.6 is 0 Å². The van der Waals surface area contributed by atoms with Crippen molar-refractivity contribution in [3.05, 3.63) is 30.6 Å². The Morgan fingerprint density at radius 1 is 1.18 bits per heavy atom. The van der Waals surface area contributed by atoms with Gasteiger partial charge in [0.15, 0.2) is 5.82 Å². The van der Waals surface area contributed by atoms with Gasteiger partial charge in [-0.3, -0.25) is 0 Å². The molecule has 1 aromatic carbocycles. The molecule has 17 heavy (non-hydrogen) atoms. The lowest BCUT2D eigenvalue weighted by molar-refractivity contribution is -0.274.